The van der Waals surface area contributed by atoms with Crippen molar-refractivity contribution in [1.82, 2.24) is 4.98 Å². The van der Waals surface area contributed by atoms with Gasteiger partial charge in [-0.2, -0.15) is 0 Å². The van der Waals surface area contributed by atoms with Gasteiger partial charge in [0.05, 0.1) is 5.69 Å². The molecule has 0 radical (unpaired) electrons. The van der Waals surface area contributed by atoms with Crippen molar-refractivity contribution in [3.63, 3.8) is 0 Å². The van der Waals surface area contributed by atoms with E-state index in [1.54, 1.807) is 12.3 Å². The van der Waals surface area contributed by atoms with Crippen molar-refractivity contribution in [2.75, 3.05) is 0 Å². The van der Waals surface area contributed by atoms with Crippen LogP contribution in [0.5, 0.6) is 0 Å². The molecule has 138 valence electrons. The van der Waals surface area contributed by atoms with Gasteiger partial charge in [0.1, 0.15) is 11.2 Å². The number of rotatable bonds is 2. The molecule has 0 saturated carbocycles. The number of hydrogen-bond donors (Lipinski definition) is 0. The van der Waals surface area contributed by atoms with E-state index in [4.69, 9.17) is 7.16 Å². The van der Waals surface area contributed by atoms with Crippen LogP contribution in [0.4, 0.5) is 0 Å². The van der Waals surface area contributed by atoms with Gasteiger partial charge in [0.15, 0.2) is 0 Å². The van der Waals surface area contributed by atoms with E-state index in [0.717, 1.165) is 44.0 Å². The highest BCUT2D eigenvalue weighted by molar-refractivity contribution is 6.17. The van der Waals surface area contributed by atoms with Gasteiger partial charge in [-0.25, -0.2) is 0 Å². The number of aromatic nitrogens is 1. The monoisotopic (exact) mass is 367 g/mol. The second-order valence-electron chi connectivity index (χ2n) is 8.25. The van der Waals surface area contributed by atoms with Crippen LogP contribution in [0.15, 0.2) is 77.3 Å². The Morgan fingerprint density at radius 2 is 1.64 bits per heavy atom. The van der Waals surface area contributed by atoms with E-state index in [1.165, 1.54) is 0 Å². The molecule has 5 rings (SSSR count). The van der Waals surface area contributed by atoms with Crippen molar-refractivity contribution >= 4 is 32.7 Å². The fourth-order valence-electron chi connectivity index (χ4n) is 3.82. The number of benzene rings is 3. The molecule has 0 N–H and O–H groups in total. The summed E-state index contributed by atoms with van der Waals surface area (Å²) in [5.74, 6) is 0. The third-order valence-corrected chi connectivity index (χ3v) is 4.94. The van der Waals surface area contributed by atoms with Crippen molar-refractivity contribution in [3.05, 3.63) is 78.5 Å². The van der Waals surface area contributed by atoms with E-state index < -0.39 is 11.8 Å². The maximum absolute atomic E-state index is 8.63. The minimum absolute atomic E-state index is 0.532. The molecule has 0 atom stereocenters. The average molecular weight is 367 g/mol. The first kappa shape index (κ1) is 14.9. The summed E-state index contributed by atoms with van der Waals surface area (Å²) < 4.78 is 23.7. The highest BCUT2D eigenvalue weighted by atomic mass is 16.3. The number of nitrogens with zero attached hydrogens (tertiary/aromatic N) is 1. The minimum Gasteiger partial charge on any atom is -0.455 e. The molecule has 0 fully saturated rings. The summed E-state index contributed by atoms with van der Waals surface area (Å²) in [6.07, 6.45) is 0.202. The molecule has 0 aliphatic rings. The molecule has 0 spiro atoms. The Bertz CT molecular complexity index is 1410. The van der Waals surface area contributed by atoms with Crippen LogP contribution in [0.3, 0.4) is 0 Å². The van der Waals surface area contributed by atoms with Gasteiger partial charge in [0, 0.05) is 30.7 Å². The molecule has 3 aromatic carbocycles. The predicted molar refractivity (Wildman–Crippen MR) is 118 cm³/mol. The Hall–Kier alpha value is -3.13. The summed E-state index contributed by atoms with van der Waals surface area (Å²) in [5, 5.41) is 4.35. The van der Waals surface area contributed by atoms with E-state index in [-0.39, 0.29) is 0 Å². The van der Waals surface area contributed by atoms with Gasteiger partial charge in [-0.05, 0) is 47.0 Å². The van der Waals surface area contributed by atoms with Gasteiger partial charge >= 0.3 is 0 Å². The van der Waals surface area contributed by atoms with Gasteiger partial charge in [0.2, 0.25) is 0 Å². The summed E-state index contributed by atoms with van der Waals surface area (Å²) >= 11 is 0. The molecule has 2 heteroatoms. The first-order valence-electron chi connectivity index (χ1n) is 10.6. The number of fused-ring (bicyclic) bond motifs is 5. The molecular weight excluding hydrogens is 342 g/mol. The molecule has 0 bridgehead atoms. The molecule has 5 aromatic rings. The Labute approximate surface area is 167 Å². The van der Waals surface area contributed by atoms with E-state index in [9.17, 15) is 0 Å². The van der Waals surface area contributed by atoms with Crippen LogP contribution < -0.4 is 0 Å². The summed E-state index contributed by atoms with van der Waals surface area (Å²) in [7, 11) is 0. The Balaban J connectivity index is 1.76. The fourth-order valence-corrected chi connectivity index (χ4v) is 3.82. The summed E-state index contributed by atoms with van der Waals surface area (Å²) in [5.41, 5.74) is 3.34. The first-order valence-corrected chi connectivity index (χ1v) is 9.57. The molecule has 0 amide bonds. The second kappa shape index (κ2) is 6.20. The van der Waals surface area contributed by atoms with Gasteiger partial charge in [0.25, 0.3) is 0 Å². The first-order chi connectivity index (χ1) is 14.3. The largest absolute Gasteiger partial charge is 0.455 e. The van der Waals surface area contributed by atoms with Gasteiger partial charge < -0.3 is 4.42 Å². The molecule has 0 saturated heterocycles. The molecule has 2 heterocycles. The topological polar surface area (TPSA) is 26.0 Å². The van der Waals surface area contributed by atoms with E-state index in [2.05, 4.69) is 35.3 Å². The van der Waals surface area contributed by atoms with E-state index >= 15 is 0 Å². The predicted octanol–water partition coefficient (Wildman–Crippen LogP) is 7.39. The quantitative estimate of drug-likeness (QED) is 0.325. The van der Waals surface area contributed by atoms with Crippen molar-refractivity contribution in [1.29, 1.82) is 0 Å². The van der Waals surface area contributed by atoms with Crippen LogP contribution >= 0.6 is 0 Å². The third kappa shape index (κ3) is 2.86. The second-order valence-corrected chi connectivity index (χ2v) is 8.25. The Kier molecular flexibility index (Phi) is 3.29. The molecule has 0 unspecified atom stereocenters. The molecular formula is C26H23NO. The number of hydrogen-bond acceptors (Lipinski definition) is 2. The summed E-state index contributed by atoms with van der Waals surface area (Å²) in [6, 6.07) is 22.1. The standard InChI is InChI=1S/C26H23NO/c1-26(2,3)16-17-13-14-27-23(15-17)22-10-6-9-20-21-12-11-18-7-4-5-8-19(18)24(21)28-25(20)22/h4-15H,16H2,1-3H3/i16D2. The molecule has 0 aliphatic carbocycles. The van der Waals surface area contributed by atoms with Crippen LogP contribution in [-0.2, 0) is 6.37 Å². The zero-order valence-electron chi connectivity index (χ0n) is 18.3. The molecule has 28 heavy (non-hydrogen) atoms. The minimum atomic E-state index is -1.48. The molecule has 0 aliphatic heterocycles. The maximum Gasteiger partial charge on any atom is 0.144 e. The van der Waals surface area contributed by atoms with E-state index in [0.29, 0.717) is 5.56 Å². The van der Waals surface area contributed by atoms with Crippen molar-refractivity contribution in [2.45, 2.75) is 27.1 Å². The average Bonchev–Trinajstić information content (AvgIpc) is 3.12. The van der Waals surface area contributed by atoms with Gasteiger partial charge in [-0.3, -0.25) is 4.98 Å². The highest BCUT2D eigenvalue weighted by Gasteiger charge is 2.16. The molecule has 2 aromatic heterocycles. The summed E-state index contributed by atoms with van der Waals surface area (Å²) in [6.45, 7) is 5.74. The van der Waals surface area contributed by atoms with Crippen molar-refractivity contribution < 1.29 is 7.16 Å². The normalized spacial score (nSPS) is 13.8. The maximum atomic E-state index is 8.63. The van der Waals surface area contributed by atoms with Crippen molar-refractivity contribution in [2.24, 2.45) is 5.41 Å². The lowest BCUT2D eigenvalue weighted by Gasteiger charge is -2.18. The van der Waals surface area contributed by atoms with E-state index in [1.807, 2.05) is 51.1 Å². The zero-order chi connectivity index (χ0) is 21.1. The van der Waals surface area contributed by atoms with Crippen molar-refractivity contribution in [3.8, 4) is 11.3 Å². The van der Waals surface area contributed by atoms with Crippen LogP contribution in [-0.4, -0.2) is 4.98 Å². The van der Waals surface area contributed by atoms with Crippen LogP contribution in [0.2, 0.25) is 0 Å². The lowest BCUT2D eigenvalue weighted by Crippen LogP contribution is -2.09. The SMILES string of the molecule is [2H]C([2H])(c1ccnc(-c2cccc3c2oc2c4ccccc4ccc32)c1)C(C)(C)C. The Morgan fingerprint density at radius 3 is 2.50 bits per heavy atom. The Morgan fingerprint density at radius 1 is 0.857 bits per heavy atom. The zero-order valence-corrected chi connectivity index (χ0v) is 16.3. The van der Waals surface area contributed by atoms with Gasteiger partial charge in [-0.1, -0.05) is 63.2 Å². The number of pyridine rings is 1. The lowest BCUT2D eigenvalue weighted by atomic mass is 9.88. The number of furan rings is 1. The molecule has 2 nitrogen and oxygen atoms in total. The van der Waals surface area contributed by atoms with Crippen LogP contribution in [0, 0.1) is 5.41 Å². The number of para-hydroxylation sites is 1. The van der Waals surface area contributed by atoms with Gasteiger partial charge in [-0.15, -0.1) is 0 Å². The summed E-state index contributed by atoms with van der Waals surface area (Å²) in [4.78, 5) is 4.56. The smallest absolute Gasteiger partial charge is 0.144 e. The lowest BCUT2D eigenvalue weighted by molar-refractivity contribution is 0.411. The fraction of sp³-hybridized carbons (Fsp3) is 0.192. The van der Waals surface area contributed by atoms with Crippen LogP contribution in [0.25, 0.3) is 44.0 Å². The highest BCUT2D eigenvalue weighted by Crippen LogP contribution is 2.38. The van der Waals surface area contributed by atoms with Crippen LogP contribution in [0.1, 0.15) is 29.1 Å². The third-order valence-electron chi connectivity index (χ3n) is 4.94.